The Morgan fingerprint density at radius 2 is 1.86 bits per heavy atom. The second-order valence-corrected chi connectivity index (χ2v) is 8.56. The van der Waals surface area contributed by atoms with Crippen LogP contribution >= 0.6 is 0 Å². The lowest BCUT2D eigenvalue weighted by Crippen LogP contribution is -2.30. The van der Waals surface area contributed by atoms with Gasteiger partial charge in [0.1, 0.15) is 0 Å². The fraction of sp³-hybridized carbons (Fsp3) is 0.625. The van der Waals surface area contributed by atoms with E-state index in [4.69, 9.17) is 0 Å². The molecule has 1 aromatic carbocycles. The van der Waals surface area contributed by atoms with Crippen LogP contribution in [-0.2, 0) is 16.4 Å². The molecule has 114 valence electrons. The number of nitrogens with one attached hydrogen (secondary N) is 1. The van der Waals surface area contributed by atoms with Gasteiger partial charge in [0.05, 0.1) is 4.90 Å². The van der Waals surface area contributed by atoms with E-state index in [1.165, 1.54) is 19.3 Å². The number of anilines is 1. The van der Waals surface area contributed by atoms with Crippen molar-refractivity contribution in [1.82, 2.24) is 4.31 Å². The summed E-state index contributed by atoms with van der Waals surface area (Å²) >= 11 is 0. The Labute approximate surface area is 126 Å². The largest absolute Gasteiger partial charge is 0.385 e. The summed E-state index contributed by atoms with van der Waals surface area (Å²) in [6.45, 7) is 2.43. The van der Waals surface area contributed by atoms with E-state index in [2.05, 4.69) is 5.32 Å². The van der Waals surface area contributed by atoms with Crippen LogP contribution in [0.4, 0.5) is 5.69 Å². The molecule has 4 nitrogen and oxygen atoms in total. The molecule has 0 amide bonds. The van der Waals surface area contributed by atoms with Crippen LogP contribution in [0.2, 0.25) is 0 Å². The number of benzene rings is 1. The molecule has 0 bridgehead atoms. The van der Waals surface area contributed by atoms with Gasteiger partial charge >= 0.3 is 0 Å². The molecular weight excluding hydrogens is 284 g/mol. The minimum absolute atomic E-state index is 0.477. The van der Waals surface area contributed by atoms with Gasteiger partial charge in [-0.05, 0) is 61.3 Å². The summed E-state index contributed by atoms with van der Waals surface area (Å²) in [4.78, 5) is 0.477. The van der Waals surface area contributed by atoms with Crippen molar-refractivity contribution in [1.29, 1.82) is 0 Å². The topological polar surface area (TPSA) is 49.4 Å². The molecule has 0 spiro atoms. The second-order valence-electron chi connectivity index (χ2n) is 6.62. The molecule has 0 radical (unpaired) electrons. The zero-order valence-electron chi connectivity index (χ0n) is 12.2. The Kier molecular flexibility index (Phi) is 3.23. The maximum absolute atomic E-state index is 12.9. The standard InChI is InChI=1S/C16H22N2O2S/c19-21(20,18-10-13-3-1-4-14(13)11-18)15-6-7-16-12(9-15)5-2-8-17-16/h6-7,9,13-14,17H,1-5,8,10-11H2. The van der Waals surface area contributed by atoms with E-state index < -0.39 is 10.0 Å². The third-order valence-electron chi connectivity index (χ3n) is 5.35. The van der Waals surface area contributed by atoms with E-state index in [1.54, 1.807) is 10.4 Å². The minimum Gasteiger partial charge on any atom is -0.385 e. The molecule has 3 aliphatic rings. The Morgan fingerprint density at radius 1 is 1.10 bits per heavy atom. The number of nitrogens with zero attached hydrogens (tertiary/aromatic N) is 1. The van der Waals surface area contributed by atoms with E-state index >= 15 is 0 Å². The van der Waals surface area contributed by atoms with Crippen molar-refractivity contribution in [2.45, 2.75) is 37.0 Å². The van der Waals surface area contributed by atoms with Crippen molar-refractivity contribution in [2.24, 2.45) is 11.8 Å². The average molecular weight is 306 g/mol. The summed E-state index contributed by atoms with van der Waals surface area (Å²) in [5.74, 6) is 1.19. The first-order chi connectivity index (χ1) is 10.1. The highest BCUT2D eigenvalue weighted by molar-refractivity contribution is 7.89. The zero-order valence-corrected chi connectivity index (χ0v) is 13.0. The van der Waals surface area contributed by atoms with Crippen LogP contribution in [-0.4, -0.2) is 32.4 Å². The van der Waals surface area contributed by atoms with Crippen molar-refractivity contribution in [2.75, 3.05) is 25.0 Å². The molecule has 2 atom stereocenters. The molecule has 1 saturated carbocycles. The molecule has 1 N–H and O–H groups in total. The number of fused-ring (bicyclic) bond motifs is 2. The third-order valence-corrected chi connectivity index (χ3v) is 7.17. The maximum Gasteiger partial charge on any atom is 0.243 e. The quantitative estimate of drug-likeness (QED) is 0.913. The summed E-state index contributed by atoms with van der Waals surface area (Å²) in [5.41, 5.74) is 2.24. The fourth-order valence-electron chi connectivity index (χ4n) is 4.15. The normalized spacial score (nSPS) is 29.0. The van der Waals surface area contributed by atoms with E-state index in [-0.39, 0.29) is 0 Å². The first-order valence-electron chi connectivity index (χ1n) is 8.01. The van der Waals surface area contributed by atoms with Crippen LogP contribution in [0.5, 0.6) is 0 Å². The van der Waals surface area contributed by atoms with E-state index in [0.717, 1.165) is 43.7 Å². The van der Waals surface area contributed by atoms with Crippen LogP contribution < -0.4 is 5.32 Å². The van der Waals surface area contributed by atoms with Gasteiger partial charge in [-0.25, -0.2) is 8.42 Å². The van der Waals surface area contributed by atoms with Crippen molar-refractivity contribution < 1.29 is 8.42 Å². The number of rotatable bonds is 2. The predicted octanol–water partition coefficient (Wildman–Crippen LogP) is 2.47. The highest BCUT2D eigenvalue weighted by Gasteiger charge is 2.41. The minimum atomic E-state index is -3.31. The van der Waals surface area contributed by atoms with E-state index in [0.29, 0.717) is 16.7 Å². The molecule has 1 aliphatic carbocycles. The Balaban J connectivity index is 1.63. The number of sulfonamides is 1. The monoisotopic (exact) mass is 306 g/mol. The third kappa shape index (κ3) is 2.27. The fourth-order valence-corrected chi connectivity index (χ4v) is 5.75. The summed E-state index contributed by atoms with van der Waals surface area (Å²) in [7, 11) is -3.31. The Morgan fingerprint density at radius 3 is 2.62 bits per heavy atom. The zero-order chi connectivity index (χ0) is 14.4. The van der Waals surface area contributed by atoms with Gasteiger partial charge in [-0.3, -0.25) is 0 Å². The van der Waals surface area contributed by atoms with Crippen molar-refractivity contribution >= 4 is 15.7 Å². The van der Waals surface area contributed by atoms with Gasteiger partial charge in [0.15, 0.2) is 0 Å². The molecule has 5 heteroatoms. The summed E-state index contributed by atoms with van der Waals surface area (Å²) in [6, 6.07) is 5.57. The SMILES string of the molecule is O=S(=O)(c1ccc2c(c1)CCCN2)N1CC2CCCC2C1. The first kappa shape index (κ1) is 13.6. The van der Waals surface area contributed by atoms with Crippen molar-refractivity contribution in [3.05, 3.63) is 23.8 Å². The molecule has 1 aromatic rings. The van der Waals surface area contributed by atoms with E-state index in [1.807, 2.05) is 12.1 Å². The van der Waals surface area contributed by atoms with Gasteiger partial charge in [0.25, 0.3) is 0 Å². The molecule has 2 unspecified atom stereocenters. The Bertz CT molecular complexity index is 644. The Hall–Kier alpha value is -1.07. The molecule has 2 aliphatic heterocycles. The predicted molar refractivity (Wildman–Crippen MR) is 82.8 cm³/mol. The highest BCUT2D eigenvalue weighted by Crippen LogP contribution is 2.40. The number of hydrogen-bond acceptors (Lipinski definition) is 3. The molecule has 4 rings (SSSR count). The number of aryl methyl sites for hydroxylation is 1. The van der Waals surface area contributed by atoms with Gasteiger partial charge in [-0.15, -0.1) is 0 Å². The van der Waals surface area contributed by atoms with Crippen LogP contribution in [0.1, 0.15) is 31.2 Å². The van der Waals surface area contributed by atoms with Crippen LogP contribution in [0.3, 0.4) is 0 Å². The van der Waals surface area contributed by atoms with Crippen molar-refractivity contribution in [3.8, 4) is 0 Å². The molecule has 1 saturated heterocycles. The molecule has 21 heavy (non-hydrogen) atoms. The van der Waals surface area contributed by atoms with Gasteiger partial charge in [0, 0.05) is 25.3 Å². The maximum atomic E-state index is 12.9. The van der Waals surface area contributed by atoms with Gasteiger partial charge < -0.3 is 5.32 Å². The molecule has 2 heterocycles. The lowest BCUT2D eigenvalue weighted by Gasteiger charge is -2.21. The highest BCUT2D eigenvalue weighted by atomic mass is 32.2. The van der Waals surface area contributed by atoms with E-state index in [9.17, 15) is 8.42 Å². The lowest BCUT2D eigenvalue weighted by molar-refractivity contribution is 0.445. The summed E-state index contributed by atoms with van der Waals surface area (Å²) in [6.07, 6.45) is 5.71. The van der Waals surface area contributed by atoms with Gasteiger partial charge in [-0.2, -0.15) is 4.31 Å². The van der Waals surface area contributed by atoms with Crippen LogP contribution in [0, 0.1) is 11.8 Å². The van der Waals surface area contributed by atoms with Crippen LogP contribution in [0.15, 0.2) is 23.1 Å². The van der Waals surface area contributed by atoms with Gasteiger partial charge in [0.2, 0.25) is 10.0 Å². The second kappa shape index (κ2) is 4.99. The smallest absolute Gasteiger partial charge is 0.243 e. The van der Waals surface area contributed by atoms with Crippen LogP contribution in [0.25, 0.3) is 0 Å². The average Bonchev–Trinajstić information content (AvgIpc) is 3.08. The number of hydrogen-bond donors (Lipinski definition) is 1. The summed E-state index contributed by atoms with van der Waals surface area (Å²) in [5, 5.41) is 3.33. The lowest BCUT2D eigenvalue weighted by atomic mass is 10.0. The van der Waals surface area contributed by atoms with Crippen molar-refractivity contribution in [3.63, 3.8) is 0 Å². The molecular formula is C16H22N2O2S. The molecule has 2 fully saturated rings. The first-order valence-corrected chi connectivity index (χ1v) is 9.45. The summed E-state index contributed by atoms with van der Waals surface area (Å²) < 4.78 is 27.4. The van der Waals surface area contributed by atoms with Gasteiger partial charge in [-0.1, -0.05) is 6.42 Å². The molecule has 0 aromatic heterocycles.